The second-order valence-corrected chi connectivity index (χ2v) is 11.8. The highest BCUT2D eigenvalue weighted by Gasteiger charge is 2.33. The number of carbonyl (C=O) groups excluding carboxylic acids is 2. The first kappa shape index (κ1) is 31.6. The van der Waals surface area contributed by atoms with Gasteiger partial charge in [-0.3, -0.25) is 13.9 Å². The van der Waals surface area contributed by atoms with E-state index in [1.165, 1.54) is 29.2 Å². The minimum absolute atomic E-state index is 0.00474. The lowest BCUT2D eigenvalue weighted by Crippen LogP contribution is -2.52. The van der Waals surface area contributed by atoms with E-state index in [1.54, 1.807) is 61.5 Å². The van der Waals surface area contributed by atoms with E-state index in [-0.39, 0.29) is 29.0 Å². The van der Waals surface area contributed by atoms with Gasteiger partial charge in [-0.1, -0.05) is 51.1 Å². The third-order valence-corrected chi connectivity index (χ3v) is 8.17. The minimum Gasteiger partial charge on any atom is -0.494 e. The van der Waals surface area contributed by atoms with Gasteiger partial charge in [0.2, 0.25) is 11.8 Å². The number of sulfonamides is 1. The summed E-state index contributed by atoms with van der Waals surface area (Å²) in [7, 11) is -4.17. The van der Waals surface area contributed by atoms with Crippen LogP contribution in [-0.4, -0.2) is 50.9 Å². The molecule has 0 unspecified atom stereocenters. The third-order valence-electron chi connectivity index (χ3n) is 6.38. The van der Waals surface area contributed by atoms with Gasteiger partial charge < -0.3 is 15.0 Å². The summed E-state index contributed by atoms with van der Waals surface area (Å²) in [5, 5.41) is 2.88. The molecule has 0 saturated heterocycles. The average Bonchev–Trinajstić information content (AvgIpc) is 2.96. The van der Waals surface area contributed by atoms with E-state index in [0.29, 0.717) is 30.9 Å². The summed E-state index contributed by atoms with van der Waals surface area (Å²) < 4.78 is 47.9. The van der Waals surface area contributed by atoms with Crippen LogP contribution in [0.25, 0.3) is 0 Å². The van der Waals surface area contributed by atoms with Crippen molar-refractivity contribution >= 4 is 27.5 Å². The molecule has 3 aromatic carbocycles. The Labute approximate surface area is 242 Å². The van der Waals surface area contributed by atoms with Gasteiger partial charge in [0.1, 0.15) is 24.2 Å². The first-order valence-corrected chi connectivity index (χ1v) is 15.1. The molecule has 0 heterocycles. The number of nitrogens with zero attached hydrogens (tertiary/aromatic N) is 2. The molecule has 0 aliphatic rings. The van der Waals surface area contributed by atoms with E-state index in [4.69, 9.17) is 4.74 Å². The molecule has 0 saturated carbocycles. The summed E-state index contributed by atoms with van der Waals surface area (Å²) in [6.07, 6.45) is 0.297. The highest BCUT2D eigenvalue weighted by Crippen LogP contribution is 2.27. The quantitative estimate of drug-likeness (QED) is 0.288. The number of hydrogen-bond acceptors (Lipinski definition) is 5. The standard InChI is InChI=1S/C31H38FN3O5S/c1-5-29(31(37)33-20-23(3)4)34(21-24-12-14-25(32)15-13-24)30(36)22-35(26-16-18-27(19-17-26)40-6-2)41(38,39)28-10-8-7-9-11-28/h7-19,23,29H,5-6,20-22H2,1-4H3,(H,33,37)/t29-/m1/s1. The molecule has 220 valence electrons. The molecule has 3 aromatic rings. The number of halogens is 1. The van der Waals surface area contributed by atoms with E-state index in [0.717, 1.165) is 4.31 Å². The molecule has 3 rings (SSSR count). The van der Waals surface area contributed by atoms with Crippen molar-refractivity contribution in [3.05, 3.63) is 90.2 Å². The van der Waals surface area contributed by atoms with Crippen molar-refractivity contribution in [3.8, 4) is 5.75 Å². The molecule has 1 N–H and O–H groups in total. The zero-order chi connectivity index (χ0) is 30.0. The summed E-state index contributed by atoms with van der Waals surface area (Å²) in [5.74, 6) is -0.581. The smallest absolute Gasteiger partial charge is 0.264 e. The third kappa shape index (κ3) is 8.53. The van der Waals surface area contributed by atoms with Crippen molar-refractivity contribution in [3.63, 3.8) is 0 Å². The molecular formula is C31H38FN3O5S. The minimum atomic E-state index is -4.17. The fourth-order valence-electron chi connectivity index (χ4n) is 4.25. The number of anilines is 1. The molecule has 8 nitrogen and oxygen atoms in total. The van der Waals surface area contributed by atoms with Crippen molar-refractivity contribution < 1.29 is 27.1 Å². The Kier molecular flexibility index (Phi) is 11.3. The molecule has 0 fully saturated rings. The Morgan fingerprint density at radius 1 is 0.927 bits per heavy atom. The van der Waals surface area contributed by atoms with E-state index in [9.17, 15) is 22.4 Å². The Balaban J connectivity index is 2.03. The van der Waals surface area contributed by atoms with Crippen LogP contribution in [0.15, 0.2) is 83.8 Å². The van der Waals surface area contributed by atoms with Crippen LogP contribution >= 0.6 is 0 Å². The number of rotatable bonds is 14. The van der Waals surface area contributed by atoms with Gasteiger partial charge in [0.15, 0.2) is 0 Å². The van der Waals surface area contributed by atoms with Gasteiger partial charge in [-0.05, 0) is 73.4 Å². The topological polar surface area (TPSA) is 96.0 Å². The lowest BCUT2D eigenvalue weighted by molar-refractivity contribution is -0.140. The van der Waals surface area contributed by atoms with Crippen LogP contribution in [0.1, 0.15) is 39.7 Å². The highest BCUT2D eigenvalue weighted by molar-refractivity contribution is 7.92. The molecule has 2 amide bonds. The van der Waals surface area contributed by atoms with E-state index in [2.05, 4.69) is 5.32 Å². The second kappa shape index (κ2) is 14.6. The van der Waals surface area contributed by atoms with Crippen molar-refractivity contribution in [2.75, 3.05) is 24.0 Å². The number of carbonyl (C=O) groups is 2. The summed E-state index contributed by atoms with van der Waals surface area (Å²) >= 11 is 0. The van der Waals surface area contributed by atoms with Gasteiger partial charge in [0, 0.05) is 13.1 Å². The summed E-state index contributed by atoms with van der Waals surface area (Å²) in [6.45, 7) is 7.87. The molecule has 1 atom stereocenters. The lowest BCUT2D eigenvalue weighted by Gasteiger charge is -2.33. The monoisotopic (exact) mass is 583 g/mol. The number of nitrogens with one attached hydrogen (secondary N) is 1. The molecule has 0 radical (unpaired) electrons. The van der Waals surface area contributed by atoms with Gasteiger partial charge in [0.25, 0.3) is 10.0 Å². The van der Waals surface area contributed by atoms with Crippen LogP contribution in [0.2, 0.25) is 0 Å². The van der Waals surface area contributed by atoms with Crippen LogP contribution in [-0.2, 0) is 26.2 Å². The molecule has 0 aliphatic heterocycles. The lowest BCUT2D eigenvalue weighted by atomic mass is 10.1. The van der Waals surface area contributed by atoms with E-state index < -0.39 is 34.3 Å². The predicted molar refractivity (Wildman–Crippen MR) is 157 cm³/mol. The van der Waals surface area contributed by atoms with Gasteiger partial charge in [-0.2, -0.15) is 0 Å². The fraction of sp³-hybridized carbons (Fsp3) is 0.355. The van der Waals surface area contributed by atoms with Gasteiger partial charge in [-0.25, -0.2) is 12.8 Å². The fourth-order valence-corrected chi connectivity index (χ4v) is 5.69. The molecule has 0 aliphatic carbocycles. The molecule has 10 heteroatoms. The molecular weight excluding hydrogens is 545 g/mol. The Morgan fingerprint density at radius 3 is 2.12 bits per heavy atom. The largest absolute Gasteiger partial charge is 0.494 e. The zero-order valence-electron chi connectivity index (χ0n) is 23.9. The van der Waals surface area contributed by atoms with Gasteiger partial charge in [-0.15, -0.1) is 0 Å². The predicted octanol–water partition coefficient (Wildman–Crippen LogP) is 5.00. The SMILES string of the molecule is CCOc1ccc(N(CC(=O)N(Cc2ccc(F)cc2)[C@H](CC)C(=O)NCC(C)C)S(=O)(=O)c2ccccc2)cc1. The zero-order valence-corrected chi connectivity index (χ0v) is 24.7. The number of amides is 2. The van der Waals surface area contributed by atoms with Gasteiger partial charge in [0.05, 0.1) is 17.2 Å². The molecule has 0 bridgehead atoms. The molecule has 41 heavy (non-hydrogen) atoms. The average molecular weight is 584 g/mol. The van der Waals surface area contributed by atoms with E-state index in [1.807, 2.05) is 20.8 Å². The van der Waals surface area contributed by atoms with Crippen LogP contribution in [0.3, 0.4) is 0 Å². The highest BCUT2D eigenvalue weighted by atomic mass is 32.2. The van der Waals surface area contributed by atoms with Crippen molar-refractivity contribution in [2.45, 2.75) is 51.6 Å². The van der Waals surface area contributed by atoms with E-state index >= 15 is 0 Å². The number of benzene rings is 3. The summed E-state index contributed by atoms with van der Waals surface area (Å²) in [5.41, 5.74) is 0.873. The molecule has 0 aromatic heterocycles. The first-order chi connectivity index (χ1) is 19.6. The number of hydrogen-bond donors (Lipinski definition) is 1. The summed E-state index contributed by atoms with van der Waals surface area (Å²) in [6, 6.07) is 19.1. The Morgan fingerprint density at radius 2 is 1.56 bits per heavy atom. The first-order valence-electron chi connectivity index (χ1n) is 13.7. The second-order valence-electron chi connectivity index (χ2n) is 9.96. The number of ether oxygens (including phenoxy) is 1. The van der Waals surface area contributed by atoms with Crippen LogP contribution < -0.4 is 14.4 Å². The Hall–Kier alpha value is -3.92. The van der Waals surface area contributed by atoms with Crippen LogP contribution in [0, 0.1) is 11.7 Å². The van der Waals surface area contributed by atoms with Crippen molar-refractivity contribution in [1.82, 2.24) is 10.2 Å². The Bertz CT molecular complexity index is 1380. The summed E-state index contributed by atoms with van der Waals surface area (Å²) in [4.78, 5) is 28.6. The maximum atomic E-state index is 14.0. The maximum absolute atomic E-state index is 14.0. The molecule has 0 spiro atoms. The van der Waals surface area contributed by atoms with Crippen molar-refractivity contribution in [2.24, 2.45) is 5.92 Å². The van der Waals surface area contributed by atoms with Gasteiger partial charge >= 0.3 is 0 Å². The normalized spacial score (nSPS) is 12.0. The van der Waals surface area contributed by atoms with Crippen LogP contribution in [0.4, 0.5) is 10.1 Å². The van der Waals surface area contributed by atoms with Crippen molar-refractivity contribution in [1.29, 1.82) is 0 Å². The maximum Gasteiger partial charge on any atom is 0.264 e. The van der Waals surface area contributed by atoms with Crippen LogP contribution in [0.5, 0.6) is 5.75 Å².